The zero-order valence-electron chi connectivity index (χ0n) is 8.74. The Morgan fingerprint density at radius 1 is 1.21 bits per heavy atom. The van der Waals surface area contributed by atoms with Crippen LogP contribution in [0.4, 0.5) is 0 Å². The highest BCUT2D eigenvalue weighted by Crippen LogP contribution is 2.24. The molecule has 0 aliphatic carbocycles. The Morgan fingerprint density at radius 2 is 1.71 bits per heavy atom. The molecule has 78 valence electrons. The highest BCUT2D eigenvalue weighted by atomic mass is 35.5. The van der Waals surface area contributed by atoms with E-state index in [1.54, 1.807) is 12.4 Å². The van der Waals surface area contributed by atoms with Crippen LogP contribution in [0.25, 0.3) is 0 Å². The van der Waals surface area contributed by atoms with Crippen LogP contribution < -0.4 is 5.73 Å². The predicted molar refractivity (Wildman–Crippen MR) is 58.3 cm³/mol. The first kappa shape index (κ1) is 11.4. The van der Waals surface area contributed by atoms with Gasteiger partial charge < -0.3 is 5.73 Å². The summed E-state index contributed by atoms with van der Waals surface area (Å²) >= 11 is 5.72. The number of hydrogen-bond acceptors (Lipinski definition) is 3. The van der Waals surface area contributed by atoms with E-state index in [-0.39, 0.29) is 12.0 Å². The monoisotopic (exact) mass is 213 g/mol. The van der Waals surface area contributed by atoms with E-state index in [2.05, 4.69) is 23.8 Å². The second-order valence-corrected chi connectivity index (χ2v) is 4.32. The maximum atomic E-state index is 5.89. The van der Waals surface area contributed by atoms with Crippen molar-refractivity contribution in [3.8, 4) is 0 Å². The average molecular weight is 214 g/mol. The lowest BCUT2D eigenvalue weighted by Crippen LogP contribution is -2.29. The fourth-order valence-corrected chi connectivity index (χ4v) is 1.73. The summed E-state index contributed by atoms with van der Waals surface area (Å²) in [6.07, 6.45) is 3.23. The molecule has 14 heavy (non-hydrogen) atoms. The lowest BCUT2D eigenvalue weighted by molar-refractivity contribution is 0.417. The quantitative estimate of drug-likeness (QED) is 0.838. The van der Waals surface area contributed by atoms with Gasteiger partial charge in [0.15, 0.2) is 0 Å². The van der Waals surface area contributed by atoms with Crippen molar-refractivity contribution in [1.29, 1.82) is 0 Å². The van der Waals surface area contributed by atoms with E-state index in [4.69, 9.17) is 17.3 Å². The van der Waals surface area contributed by atoms with E-state index >= 15 is 0 Å². The Bertz CT molecular complexity index is 274. The normalized spacial score (nSPS) is 15.6. The van der Waals surface area contributed by atoms with Crippen molar-refractivity contribution >= 4 is 11.6 Å². The number of rotatable bonds is 3. The van der Waals surface area contributed by atoms with Crippen molar-refractivity contribution < 1.29 is 0 Å². The fourth-order valence-electron chi connectivity index (χ4n) is 1.63. The van der Waals surface area contributed by atoms with Crippen molar-refractivity contribution in [2.75, 3.05) is 0 Å². The molecule has 2 atom stereocenters. The molecule has 1 rings (SSSR count). The summed E-state index contributed by atoms with van der Waals surface area (Å²) in [6, 6.07) is 0.0520. The first-order valence-corrected chi connectivity index (χ1v) is 5.13. The van der Waals surface area contributed by atoms with Gasteiger partial charge in [-0.1, -0.05) is 25.4 Å². The molecule has 0 bridgehead atoms. The van der Waals surface area contributed by atoms with Crippen LogP contribution in [0, 0.1) is 5.92 Å². The van der Waals surface area contributed by atoms with Crippen LogP contribution in [-0.2, 0) is 0 Å². The molecule has 2 N–H and O–H groups in total. The van der Waals surface area contributed by atoms with Gasteiger partial charge in [0.25, 0.3) is 0 Å². The number of halogens is 1. The van der Waals surface area contributed by atoms with Crippen LogP contribution in [0.3, 0.4) is 0 Å². The zero-order chi connectivity index (χ0) is 10.7. The smallest absolute Gasteiger partial charge is 0.133 e. The maximum Gasteiger partial charge on any atom is 0.133 e. The topological polar surface area (TPSA) is 51.8 Å². The number of nitrogens with zero attached hydrogens (tertiary/aromatic N) is 2. The summed E-state index contributed by atoms with van der Waals surface area (Å²) in [5, 5.41) is 0.556. The molecule has 0 fully saturated rings. The van der Waals surface area contributed by atoms with Crippen LogP contribution >= 0.6 is 11.6 Å². The minimum absolute atomic E-state index is 0.0520. The molecule has 0 aromatic carbocycles. The lowest BCUT2D eigenvalue weighted by atomic mass is 9.89. The molecule has 0 radical (unpaired) electrons. The van der Waals surface area contributed by atoms with Gasteiger partial charge in [0.1, 0.15) is 5.82 Å². The minimum atomic E-state index is 0.0520. The van der Waals surface area contributed by atoms with Gasteiger partial charge in [-0.2, -0.15) is 0 Å². The lowest BCUT2D eigenvalue weighted by Gasteiger charge is -2.22. The van der Waals surface area contributed by atoms with Crippen molar-refractivity contribution in [3.63, 3.8) is 0 Å². The summed E-state index contributed by atoms with van der Waals surface area (Å²) < 4.78 is 0. The molecule has 3 nitrogen and oxygen atoms in total. The first-order valence-electron chi connectivity index (χ1n) is 4.75. The Kier molecular flexibility index (Phi) is 3.84. The van der Waals surface area contributed by atoms with E-state index in [1.807, 2.05) is 6.92 Å². The third kappa shape index (κ3) is 2.66. The van der Waals surface area contributed by atoms with Crippen molar-refractivity contribution in [2.45, 2.75) is 32.7 Å². The number of hydrogen-bond donors (Lipinski definition) is 1. The third-order valence-electron chi connectivity index (χ3n) is 2.22. The average Bonchev–Trinajstić information content (AvgIpc) is 2.07. The van der Waals surface area contributed by atoms with Crippen LogP contribution in [-0.4, -0.2) is 16.0 Å². The van der Waals surface area contributed by atoms with Crippen LogP contribution in [0.1, 0.15) is 32.5 Å². The molecule has 0 aliphatic rings. The molecular weight excluding hydrogens is 198 g/mol. The van der Waals surface area contributed by atoms with Gasteiger partial charge in [0, 0.05) is 24.4 Å². The fraction of sp³-hybridized carbons (Fsp3) is 0.600. The summed E-state index contributed by atoms with van der Waals surface area (Å²) in [7, 11) is 0. The SMILES string of the molecule is CC(C)C(c1ncc(Cl)cn1)C(C)N. The first-order chi connectivity index (χ1) is 6.52. The van der Waals surface area contributed by atoms with Crippen molar-refractivity contribution in [3.05, 3.63) is 23.2 Å². The molecule has 0 saturated heterocycles. The molecule has 0 spiro atoms. The zero-order valence-corrected chi connectivity index (χ0v) is 9.49. The van der Waals surface area contributed by atoms with E-state index in [1.165, 1.54) is 0 Å². The second kappa shape index (κ2) is 4.71. The highest BCUT2D eigenvalue weighted by molar-refractivity contribution is 6.30. The molecule has 1 heterocycles. The number of aromatic nitrogens is 2. The number of nitrogens with two attached hydrogens (primary N) is 1. The molecular formula is C10H16ClN3. The largest absolute Gasteiger partial charge is 0.327 e. The Hall–Kier alpha value is -0.670. The van der Waals surface area contributed by atoms with E-state index in [9.17, 15) is 0 Å². The Morgan fingerprint density at radius 3 is 2.07 bits per heavy atom. The Labute approximate surface area is 89.7 Å². The van der Waals surface area contributed by atoms with Crippen molar-refractivity contribution in [2.24, 2.45) is 11.7 Å². The van der Waals surface area contributed by atoms with Gasteiger partial charge in [-0.25, -0.2) is 9.97 Å². The van der Waals surface area contributed by atoms with Crippen LogP contribution in [0.5, 0.6) is 0 Å². The molecule has 0 aliphatic heterocycles. The van der Waals surface area contributed by atoms with Crippen molar-refractivity contribution in [1.82, 2.24) is 9.97 Å². The highest BCUT2D eigenvalue weighted by Gasteiger charge is 2.22. The minimum Gasteiger partial charge on any atom is -0.327 e. The molecule has 0 amide bonds. The van der Waals surface area contributed by atoms with Gasteiger partial charge >= 0.3 is 0 Å². The molecule has 0 saturated carbocycles. The van der Waals surface area contributed by atoms with Gasteiger partial charge in [0.05, 0.1) is 5.02 Å². The standard InChI is InChI=1S/C10H16ClN3/c1-6(2)9(7(3)12)10-13-4-8(11)5-14-10/h4-7,9H,12H2,1-3H3. The molecule has 2 unspecified atom stereocenters. The van der Waals surface area contributed by atoms with Gasteiger partial charge in [-0.15, -0.1) is 0 Å². The molecule has 1 aromatic heterocycles. The third-order valence-corrected chi connectivity index (χ3v) is 2.42. The van der Waals surface area contributed by atoms with Gasteiger partial charge in [-0.3, -0.25) is 0 Å². The van der Waals surface area contributed by atoms with Crippen LogP contribution in [0.15, 0.2) is 12.4 Å². The van der Waals surface area contributed by atoms with E-state index in [0.29, 0.717) is 10.9 Å². The predicted octanol–water partition coefficient (Wildman–Crippen LogP) is 2.22. The molecule has 1 aromatic rings. The Balaban J connectivity index is 2.94. The summed E-state index contributed by atoms with van der Waals surface area (Å²) in [5.74, 6) is 1.39. The van der Waals surface area contributed by atoms with E-state index in [0.717, 1.165) is 5.82 Å². The summed E-state index contributed by atoms with van der Waals surface area (Å²) in [5.41, 5.74) is 5.89. The summed E-state index contributed by atoms with van der Waals surface area (Å²) in [4.78, 5) is 8.40. The summed E-state index contributed by atoms with van der Waals surface area (Å²) in [6.45, 7) is 6.21. The van der Waals surface area contributed by atoms with Gasteiger partial charge in [0.2, 0.25) is 0 Å². The van der Waals surface area contributed by atoms with Crippen LogP contribution in [0.2, 0.25) is 5.02 Å². The molecule has 4 heteroatoms. The van der Waals surface area contributed by atoms with Gasteiger partial charge in [-0.05, 0) is 12.8 Å². The van der Waals surface area contributed by atoms with E-state index < -0.39 is 0 Å². The second-order valence-electron chi connectivity index (χ2n) is 3.89. The maximum absolute atomic E-state index is 5.89.